The maximum atomic E-state index is 13.1. The van der Waals surface area contributed by atoms with Crippen molar-refractivity contribution < 1.29 is 28.5 Å². The van der Waals surface area contributed by atoms with Crippen molar-refractivity contribution in [2.75, 3.05) is 41.0 Å². The molecule has 0 saturated carbocycles. The van der Waals surface area contributed by atoms with Gasteiger partial charge in [-0.1, -0.05) is 31.0 Å². The molecule has 2 aromatic carbocycles. The predicted octanol–water partition coefficient (Wildman–Crippen LogP) is 4.97. The molecule has 1 N–H and O–H groups in total. The van der Waals surface area contributed by atoms with Gasteiger partial charge in [0.05, 0.1) is 34.5 Å². The maximum Gasteiger partial charge on any atom is 0.234 e. The van der Waals surface area contributed by atoms with Gasteiger partial charge in [-0.05, 0) is 55.3 Å². The largest absolute Gasteiger partial charge is 0.493 e. The molecule has 2 heterocycles. The molecule has 0 radical (unpaired) electrons. The fourth-order valence-corrected chi connectivity index (χ4v) is 4.52. The lowest BCUT2D eigenvalue weighted by Gasteiger charge is -2.23. The molecule has 0 fully saturated rings. The molecule has 1 amide bonds. The topological polar surface area (TPSA) is 91.4 Å². The van der Waals surface area contributed by atoms with Crippen molar-refractivity contribution in [3.63, 3.8) is 0 Å². The van der Waals surface area contributed by atoms with Crippen LogP contribution in [0.25, 0.3) is 0 Å². The highest BCUT2D eigenvalue weighted by Gasteiger charge is 2.18. The van der Waals surface area contributed by atoms with Crippen LogP contribution < -0.4 is 29.0 Å². The van der Waals surface area contributed by atoms with Gasteiger partial charge in [-0.2, -0.15) is 0 Å². The summed E-state index contributed by atoms with van der Waals surface area (Å²) in [5.41, 5.74) is 1.75. The minimum atomic E-state index is -0.0741. The molecule has 0 saturated heterocycles. The summed E-state index contributed by atoms with van der Waals surface area (Å²) < 4.78 is 28.5. The number of nitrogens with one attached hydrogen (secondary N) is 1. The van der Waals surface area contributed by atoms with E-state index in [-0.39, 0.29) is 12.5 Å². The first-order valence-corrected chi connectivity index (χ1v) is 13.2. The van der Waals surface area contributed by atoms with E-state index in [1.54, 1.807) is 27.5 Å². The quantitative estimate of drug-likeness (QED) is 0.454. The minimum Gasteiger partial charge on any atom is -0.493 e. The van der Waals surface area contributed by atoms with Gasteiger partial charge in [0.2, 0.25) is 17.5 Å². The van der Waals surface area contributed by atoms with Crippen LogP contribution in [0.15, 0.2) is 54.7 Å². The Morgan fingerprint density at radius 3 is 2.44 bits per heavy atom. The fraction of sp³-hybridized carbons (Fsp3) is 0.400. The van der Waals surface area contributed by atoms with Crippen LogP contribution in [0.5, 0.6) is 34.6 Å². The second-order valence-corrected chi connectivity index (χ2v) is 9.30. The normalized spacial score (nSPS) is 14.4. The Bertz CT molecular complexity index is 1210. The highest BCUT2D eigenvalue weighted by molar-refractivity contribution is 5.78. The second-order valence-electron chi connectivity index (χ2n) is 9.30. The summed E-state index contributed by atoms with van der Waals surface area (Å²) in [7, 11) is 4.71. The number of fused-ring (bicyclic) bond motifs is 2. The predicted molar refractivity (Wildman–Crippen MR) is 148 cm³/mol. The van der Waals surface area contributed by atoms with Crippen LogP contribution in [0.4, 0.5) is 0 Å². The summed E-state index contributed by atoms with van der Waals surface area (Å²) in [6, 6.07) is 15.2. The molecule has 0 unspecified atom stereocenters. The van der Waals surface area contributed by atoms with Crippen LogP contribution in [0.2, 0.25) is 0 Å². The molecular formula is C30H37N3O6. The van der Waals surface area contributed by atoms with Crippen LogP contribution in [0, 0.1) is 0 Å². The summed E-state index contributed by atoms with van der Waals surface area (Å²) in [4.78, 5) is 19.7. The van der Waals surface area contributed by atoms with Crippen molar-refractivity contribution in [3.8, 4) is 34.6 Å². The summed E-state index contributed by atoms with van der Waals surface area (Å²) in [5.74, 6) is 3.38. The standard InChI is InChI=1S/C30H37N3O6/c1-35-26-17-22(18-27(36-2)29(26)37-3)19-32-28(34)21-33-15-8-4-5-9-16-38-24-12-6-7-13-25(24)39-30-23(20-33)11-10-14-31-30/h6-7,10-14,17-18H,4-5,8-9,15-16,19-21H2,1-3H3,(H,32,34). The Morgan fingerprint density at radius 1 is 0.949 bits per heavy atom. The maximum absolute atomic E-state index is 13.1. The summed E-state index contributed by atoms with van der Waals surface area (Å²) in [5, 5.41) is 3.03. The minimum absolute atomic E-state index is 0.0741. The number of carbonyl (C=O) groups excluding carboxylic acids is 1. The van der Waals surface area contributed by atoms with Gasteiger partial charge in [0.1, 0.15) is 0 Å². The third-order valence-electron chi connectivity index (χ3n) is 6.51. The average molecular weight is 536 g/mol. The number of amides is 1. The Hall–Kier alpha value is -3.98. The highest BCUT2D eigenvalue weighted by atomic mass is 16.5. The van der Waals surface area contributed by atoms with Crippen LogP contribution in [-0.4, -0.2) is 56.8 Å². The lowest BCUT2D eigenvalue weighted by molar-refractivity contribution is -0.122. The zero-order valence-corrected chi connectivity index (χ0v) is 22.9. The molecule has 0 bridgehead atoms. The first-order valence-electron chi connectivity index (χ1n) is 13.2. The summed E-state index contributed by atoms with van der Waals surface area (Å²) in [6.45, 7) is 2.52. The smallest absolute Gasteiger partial charge is 0.234 e. The monoisotopic (exact) mass is 535 g/mol. The third-order valence-corrected chi connectivity index (χ3v) is 6.51. The van der Waals surface area contributed by atoms with Gasteiger partial charge in [-0.25, -0.2) is 4.98 Å². The van der Waals surface area contributed by atoms with Crippen molar-refractivity contribution in [3.05, 3.63) is 65.9 Å². The molecule has 1 aromatic heterocycles. The number of carbonyl (C=O) groups is 1. The number of para-hydroxylation sites is 2. The Balaban J connectivity index is 1.47. The first kappa shape index (κ1) is 28.0. The molecule has 9 heteroatoms. The van der Waals surface area contributed by atoms with Crippen molar-refractivity contribution in [2.24, 2.45) is 0 Å². The van der Waals surface area contributed by atoms with Gasteiger partial charge in [0, 0.05) is 24.8 Å². The van der Waals surface area contributed by atoms with Crippen molar-refractivity contribution in [1.82, 2.24) is 15.2 Å². The molecule has 0 aliphatic carbocycles. The van der Waals surface area contributed by atoms with Gasteiger partial charge in [-0.3, -0.25) is 9.69 Å². The van der Waals surface area contributed by atoms with E-state index in [1.165, 1.54) is 0 Å². The number of rotatable bonds is 7. The molecule has 4 rings (SSSR count). The van der Waals surface area contributed by atoms with Gasteiger partial charge < -0.3 is 29.0 Å². The van der Waals surface area contributed by atoms with Gasteiger partial charge in [-0.15, -0.1) is 0 Å². The fourth-order valence-electron chi connectivity index (χ4n) is 4.52. The van der Waals surface area contributed by atoms with E-state index in [0.29, 0.717) is 54.3 Å². The van der Waals surface area contributed by atoms with Crippen molar-refractivity contribution in [1.29, 1.82) is 0 Å². The van der Waals surface area contributed by atoms with E-state index in [1.807, 2.05) is 48.5 Å². The van der Waals surface area contributed by atoms with Crippen molar-refractivity contribution in [2.45, 2.75) is 38.8 Å². The molecule has 0 atom stereocenters. The number of hydrogen-bond acceptors (Lipinski definition) is 8. The highest BCUT2D eigenvalue weighted by Crippen LogP contribution is 2.38. The molecule has 208 valence electrons. The third kappa shape index (κ3) is 7.77. The molecule has 39 heavy (non-hydrogen) atoms. The van der Waals surface area contributed by atoms with Crippen LogP contribution in [0.1, 0.15) is 36.8 Å². The Labute approximate surface area is 230 Å². The van der Waals surface area contributed by atoms with E-state index in [4.69, 9.17) is 23.7 Å². The lowest BCUT2D eigenvalue weighted by atomic mass is 10.1. The molecule has 1 aliphatic heterocycles. The Kier molecular flexibility index (Phi) is 10.2. The van der Waals surface area contributed by atoms with Crippen LogP contribution >= 0.6 is 0 Å². The van der Waals surface area contributed by atoms with Crippen molar-refractivity contribution >= 4 is 5.91 Å². The lowest BCUT2D eigenvalue weighted by Crippen LogP contribution is -2.37. The summed E-state index contributed by atoms with van der Waals surface area (Å²) in [6.07, 6.45) is 5.76. The molecule has 9 nitrogen and oxygen atoms in total. The van der Waals surface area contributed by atoms with E-state index in [0.717, 1.165) is 43.4 Å². The first-order chi connectivity index (χ1) is 19.1. The number of hydrogen-bond donors (Lipinski definition) is 1. The van der Waals surface area contributed by atoms with E-state index < -0.39 is 0 Å². The van der Waals surface area contributed by atoms with E-state index in [9.17, 15) is 4.79 Å². The zero-order chi connectivity index (χ0) is 27.5. The average Bonchev–Trinajstić information content (AvgIpc) is 2.96. The van der Waals surface area contributed by atoms with Gasteiger partial charge in [0.15, 0.2) is 23.0 Å². The number of ether oxygens (including phenoxy) is 5. The number of benzene rings is 2. The molecule has 1 aliphatic rings. The van der Waals surface area contributed by atoms with Gasteiger partial charge in [0.25, 0.3) is 0 Å². The van der Waals surface area contributed by atoms with Crippen LogP contribution in [-0.2, 0) is 17.9 Å². The zero-order valence-electron chi connectivity index (χ0n) is 22.9. The van der Waals surface area contributed by atoms with Crippen LogP contribution in [0.3, 0.4) is 0 Å². The number of aromatic nitrogens is 1. The number of methoxy groups -OCH3 is 3. The number of nitrogens with zero attached hydrogens (tertiary/aromatic N) is 2. The van der Waals surface area contributed by atoms with E-state index in [2.05, 4.69) is 15.2 Å². The molecule has 0 spiro atoms. The Morgan fingerprint density at radius 2 is 1.69 bits per heavy atom. The molecule has 3 aromatic rings. The van der Waals surface area contributed by atoms with Gasteiger partial charge >= 0.3 is 0 Å². The summed E-state index contributed by atoms with van der Waals surface area (Å²) >= 11 is 0. The van der Waals surface area contributed by atoms with E-state index >= 15 is 0 Å². The SMILES string of the molecule is COc1cc(CNC(=O)CN2CCCCCCOc3ccccc3Oc3ncccc3C2)cc(OC)c1OC. The number of pyridine rings is 1. The second kappa shape index (κ2) is 14.2. The molecular weight excluding hydrogens is 498 g/mol.